The van der Waals surface area contributed by atoms with Gasteiger partial charge in [0, 0.05) is 11.6 Å². The molecular formula is C18H23NO. The van der Waals surface area contributed by atoms with Crippen LogP contribution in [0.4, 0.5) is 5.69 Å². The number of hydrogen-bond donors (Lipinski definition) is 1. The Morgan fingerprint density at radius 3 is 2.40 bits per heavy atom. The molecule has 0 heterocycles. The predicted octanol–water partition coefficient (Wildman–Crippen LogP) is 4.23. The summed E-state index contributed by atoms with van der Waals surface area (Å²) in [6.07, 6.45) is 9.16. The van der Waals surface area contributed by atoms with Crippen LogP contribution in [-0.4, -0.2) is 5.91 Å². The third-order valence-corrected chi connectivity index (χ3v) is 4.79. The monoisotopic (exact) mass is 269 g/mol. The Hall–Kier alpha value is -1.57. The molecule has 1 N–H and O–H groups in total. The van der Waals surface area contributed by atoms with E-state index in [1.807, 2.05) is 0 Å². The van der Waals surface area contributed by atoms with Gasteiger partial charge < -0.3 is 5.32 Å². The molecule has 0 aliphatic heterocycles. The Morgan fingerprint density at radius 2 is 1.75 bits per heavy atom. The summed E-state index contributed by atoms with van der Waals surface area (Å²) in [6.45, 7) is 4.11. The number of fused-ring (bicyclic) bond motifs is 1. The van der Waals surface area contributed by atoms with Crippen molar-refractivity contribution in [1.82, 2.24) is 0 Å². The van der Waals surface area contributed by atoms with Gasteiger partial charge in [0.2, 0.25) is 5.91 Å². The Labute approximate surface area is 121 Å². The van der Waals surface area contributed by atoms with Crippen LogP contribution in [0.2, 0.25) is 0 Å². The number of nitrogens with one attached hydrogen (secondary N) is 1. The summed E-state index contributed by atoms with van der Waals surface area (Å²) in [4.78, 5) is 12.5. The lowest BCUT2D eigenvalue weighted by Gasteiger charge is -2.09. The van der Waals surface area contributed by atoms with Crippen LogP contribution < -0.4 is 5.32 Å². The Morgan fingerprint density at radius 1 is 1.10 bits per heavy atom. The zero-order valence-electron chi connectivity index (χ0n) is 12.4. The molecule has 2 aliphatic carbocycles. The molecule has 20 heavy (non-hydrogen) atoms. The van der Waals surface area contributed by atoms with E-state index in [4.69, 9.17) is 0 Å². The summed E-state index contributed by atoms with van der Waals surface area (Å²) in [6, 6.07) is 6.23. The standard InChI is InChI=1S/C18H23NO/c1-12-9-10-13(2)16(11-12)19-18(20)17-14-7-5-3-4-6-8-15(14)17/h3-4,9-11,14-15,17H,5-8H2,1-2H3,(H,19,20)/b4-3-/t14-,15-/m0/s1. The molecule has 1 aromatic carbocycles. The van der Waals surface area contributed by atoms with Crippen LogP contribution >= 0.6 is 0 Å². The number of rotatable bonds is 2. The van der Waals surface area contributed by atoms with Crippen LogP contribution in [-0.2, 0) is 4.79 Å². The summed E-state index contributed by atoms with van der Waals surface area (Å²) in [5.41, 5.74) is 3.31. The number of carbonyl (C=O) groups is 1. The third-order valence-electron chi connectivity index (χ3n) is 4.79. The number of anilines is 1. The number of hydrogen-bond acceptors (Lipinski definition) is 1. The molecule has 1 fully saturated rings. The van der Waals surface area contributed by atoms with E-state index in [1.54, 1.807) is 0 Å². The Kier molecular flexibility index (Phi) is 3.64. The van der Waals surface area contributed by atoms with E-state index >= 15 is 0 Å². The first kappa shape index (κ1) is 13.4. The molecule has 2 aliphatic rings. The predicted molar refractivity (Wildman–Crippen MR) is 82.6 cm³/mol. The average molecular weight is 269 g/mol. The van der Waals surface area contributed by atoms with Crippen molar-refractivity contribution in [2.75, 3.05) is 5.32 Å². The molecule has 0 radical (unpaired) electrons. The van der Waals surface area contributed by atoms with Crippen LogP contribution in [0.5, 0.6) is 0 Å². The molecule has 2 nitrogen and oxygen atoms in total. The third kappa shape index (κ3) is 2.65. The SMILES string of the molecule is Cc1ccc(C)c(NC(=O)C2[C@H]3CC/C=C\CC[C@H]23)c1. The van der Waals surface area contributed by atoms with E-state index in [2.05, 4.69) is 49.5 Å². The van der Waals surface area contributed by atoms with Gasteiger partial charge in [0.1, 0.15) is 0 Å². The maximum atomic E-state index is 12.5. The van der Waals surface area contributed by atoms with Crippen molar-refractivity contribution >= 4 is 11.6 Å². The van der Waals surface area contributed by atoms with Gasteiger partial charge in [-0.25, -0.2) is 0 Å². The van der Waals surface area contributed by atoms with Crippen LogP contribution in [0, 0.1) is 31.6 Å². The van der Waals surface area contributed by atoms with Gasteiger partial charge in [-0.1, -0.05) is 24.3 Å². The highest BCUT2D eigenvalue weighted by Gasteiger charge is 2.53. The van der Waals surface area contributed by atoms with E-state index in [0.29, 0.717) is 11.8 Å². The number of allylic oxidation sites excluding steroid dienone is 2. The molecule has 3 rings (SSSR count). The van der Waals surface area contributed by atoms with Gasteiger partial charge in [-0.15, -0.1) is 0 Å². The minimum atomic E-state index is 0.232. The number of benzene rings is 1. The summed E-state index contributed by atoms with van der Waals surface area (Å²) < 4.78 is 0. The maximum Gasteiger partial charge on any atom is 0.228 e. The zero-order valence-corrected chi connectivity index (χ0v) is 12.4. The van der Waals surface area contributed by atoms with Crippen LogP contribution in [0.1, 0.15) is 36.8 Å². The summed E-state index contributed by atoms with van der Waals surface area (Å²) in [5, 5.41) is 3.15. The van der Waals surface area contributed by atoms with Crippen LogP contribution in [0.3, 0.4) is 0 Å². The van der Waals surface area contributed by atoms with Gasteiger partial charge >= 0.3 is 0 Å². The van der Waals surface area contributed by atoms with Gasteiger partial charge in [0.05, 0.1) is 0 Å². The second kappa shape index (κ2) is 5.43. The van der Waals surface area contributed by atoms with Crippen LogP contribution in [0.15, 0.2) is 30.4 Å². The molecule has 106 valence electrons. The first-order valence-corrected chi connectivity index (χ1v) is 7.70. The van der Waals surface area contributed by atoms with Gasteiger partial charge in [-0.05, 0) is 68.6 Å². The first-order chi connectivity index (χ1) is 9.66. The topological polar surface area (TPSA) is 29.1 Å². The molecule has 0 spiro atoms. The minimum Gasteiger partial charge on any atom is -0.326 e. The zero-order chi connectivity index (χ0) is 14.1. The molecule has 0 bridgehead atoms. The van der Waals surface area contributed by atoms with E-state index in [1.165, 1.54) is 18.4 Å². The van der Waals surface area contributed by atoms with E-state index in [0.717, 1.165) is 24.1 Å². The highest BCUT2D eigenvalue weighted by atomic mass is 16.2. The van der Waals surface area contributed by atoms with Gasteiger partial charge in [-0.2, -0.15) is 0 Å². The molecule has 1 aromatic rings. The van der Waals surface area contributed by atoms with Gasteiger partial charge in [0.25, 0.3) is 0 Å². The molecule has 2 heteroatoms. The number of aryl methyl sites for hydroxylation is 2. The van der Waals surface area contributed by atoms with Crippen molar-refractivity contribution in [3.63, 3.8) is 0 Å². The average Bonchev–Trinajstić information content (AvgIpc) is 3.05. The van der Waals surface area contributed by atoms with Crippen molar-refractivity contribution < 1.29 is 4.79 Å². The summed E-state index contributed by atoms with van der Waals surface area (Å²) in [7, 11) is 0. The fourth-order valence-corrected chi connectivity index (χ4v) is 3.52. The largest absolute Gasteiger partial charge is 0.326 e. The molecule has 2 atom stereocenters. The molecule has 0 aromatic heterocycles. The van der Waals surface area contributed by atoms with Crippen molar-refractivity contribution in [2.24, 2.45) is 17.8 Å². The van der Waals surface area contributed by atoms with Crippen LogP contribution in [0.25, 0.3) is 0 Å². The molecular weight excluding hydrogens is 246 g/mol. The lowest BCUT2D eigenvalue weighted by Crippen LogP contribution is -2.16. The fourth-order valence-electron chi connectivity index (χ4n) is 3.52. The Balaban J connectivity index is 1.67. The normalized spacial score (nSPS) is 29.8. The summed E-state index contributed by atoms with van der Waals surface area (Å²) >= 11 is 0. The lowest BCUT2D eigenvalue weighted by atomic mass is 10.1. The van der Waals surface area contributed by atoms with Crippen molar-refractivity contribution in [1.29, 1.82) is 0 Å². The van der Waals surface area contributed by atoms with Crippen molar-refractivity contribution in [3.05, 3.63) is 41.5 Å². The van der Waals surface area contributed by atoms with E-state index in [-0.39, 0.29) is 11.8 Å². The second-order valence-corrected chi connectivity index (χ2v) is 6.29. The summed E-state index contributed by atoms with van der Waals surface area (Å²) in [5.74, 6) is 1.71. The lowest BCUT2D eigenvalue weighted by molar-refractivity contribution is -0.117. The smallest absolute Gasteiger partial charge is 0.228 e. The first-order valence-electron chi connectivity index (χ1n) is 7.70. The van der Waals surface area contributed by atoms with Gasteiger partial charge in [0.15, 0.2) is 0 Å². The van der Waals surface area contributed by atoms with Gasteiger partial charge in [-0.3, -0.25) is 4.79 Å². The Bertz CT molecular complexity index is 530. The number of carbonyl (C=O) groups excluding carboxylic acids is 1. The molecule has 0 unspecified atom stereocenters. The highest BCUT2D eigenvalue weighted by Crippen LogP contribution is 2.53. The van der Waals surface area contributed by atoms with E-state index < -0.39 is 0 Å². The maximum absolute atomic E-state index is 12.5. The molecule has 1 amide bonds. The second-order valence-electron chi connectivity index (χ2n) is 6.29. The van der Waals surface area contributed by atoms with Crippen molar-refractivity contribution in [2.45, 2.75) is 39.5 Å². The van der Waals surface area contributed by atoms with Crippen molar-refractivity contribution in [3.8, 4) is 0 Å². The quantitative estimate of drug-likeness (QED) is 0.800. The highest BCUT2D eigenvalue weighted by molar-refractivity contribution is 5.95. The molecule has 1 saturated carbocycles. The van der Waals surface area contributed by atoms with E-state index in [9.17, 15) is 4.79 Å². The minimum absolute atomic E-state index is 0.232. The fraction of sp³-hybridized carbons (Fsp3) is 0.500. The molecule has 0 saturated heterocycles. The number of amides is 1.